The van der Waals surface area contributed by atoms with Crippen LogP contribution in [0.1, 0.15) is 99.9 Å². The van der Waals surface area contributed by atoms with Gasteiger partial charge in [0.1, 0.15) is 5.82 Å². The van der Waals surface area contributed by atoms with E-state index in [2.05, 4.69) is 6.92 Å². The summed E-state index contributed by atoms with van der Waals surface area (Å²) in [5.41, 5.74) is 1.34. The van der Waals surface area contributed by atoms with Gasteiger partial charge in [0.25, 0.3) is 0 Å². The number of halogens is 1. The third-order valence-corrected chi connectivity index (χ3v) is 4.37. The lowest BCUT2D eigenvalue weighted by molar-refractivity contribution is 0.0978. The Morgan fingerprint density at radius 2 is 1.35 bits per heavy atom. The van der Waals surface area contributed by atoms with Gasteiger partial charge in [0.2, 0.25) is 0 Å². The predicted molar refractivity (Wildman–Crippen MR) is 96.5 cm³/mol. The predicted octanol–water partition coefficient (Wildman–Crippen LogP) is 7.02. The van der Waals surface area contributed by atoms with E-state index >= 15 is 0 Å². The van der Waals surface area contributed by atoms with E-state index in [1.165, 1.54) is 69.9 Å². The molecule has 0 radical (unpaired) electrons. The normalized spacial score (nSPS) is 10.9. The molecule has 0 fully saturated rings. The van der Waals surface area contributed by atoms with Crippen LogP contribution in [0, 0.1) is 12.7 Å². The van der Waals surface area contributed by atoms with Gasteiger partial charge >= 0.3 is 0 Å². The Hall–Kier alpha value is -1.18. The highest BCUT2D eigenvalue weighted by Gasteiger charge is 2.07. The van der Waals surface area contributed by atoms with Crippen LogP contribution < -0.4 is 0 Å². The number of unbranched alkanes of at least 4 members (excludes halogenated alkanes) is 10. The Morgan fingerprint density at radius 1 is 0.826 bits per heavy atom. The largest absolute Gasteiger partial charge is 0.294 e. The van der Waals surface area contributed by atoms with E-state index in [4.69, 9.17) is 0 Å². The molecule has 0 aliphatic heterocycles. The Morgan fingerprint density at radius 3 is 1.87 bits per heavy atom. The number of hydrogen-bond donors (Lipinski definition) is 0. The molecule has 0 saturated heterocycles. The van der Waals surface area contributed by atoms with Crippen molar-refractivity contribution in [3.63, 3.8) is 0 Å². The molecule has 0 heterocycles. The van der Waals surface area contributed by atoms with Gasteiger partial charge in [0.15, 0.2) is 5.78 Å². The minimum Gasteiger partial charge on any atom is -0.294 e. The number of carbonyl (C=O) groups excluding carboxylic acids is 1. The fraction of sp³-hybridized carbons (Fsp3) is 0.667. The van der Waals surface area contributed by atoms with Crippen molar-refractivity contribution >= 4 is 5.78 Å². The molecule has 0 spiro atoms. The summed E-state index contributed by atoms with van der Waals surface area (Å²) in [6.07, 6.45) is 14.6. The Bertz CT molecular complexity index is 433. The summed E-state index contributed by atoms with van der Waals surface area (Å²) >= 11 is 0. The van der Waals surface area contributed by atoms with E-state index < -0.39 is 0 Å². The summed E-state index contributed by atoms with van der Waals surface area (Å²) in [5, 5.41) is 0. The van der Waals surface area contributed by atoms with E-state index in [0.717, 1.165) is 18.4 Å². The van der Waals surface area contributed by atoms with Crippen molar-refractivity contribution in [3.8, 4) is 0 Å². The van der Waals surface area contributed by atoms with Crippen molar-refractivity contribution in [1.82, 2.24) is 0 Å². The molecule has 1 rings (SSSR count). The first-order valence-corrected chi connectivity index (χ1v) is 9.44. The molecule has 130 valence electrons. The molecule has 0 aliphatic carbocycles. The van der Waals surface area contributed by atoms with E-state index in [1.54, 1.807) is 6.07 Å². The van der Waals surface area contributed by atoms with Gasteiger partial charge in [0.05, 0.1) is 0 Å². The van der Waals surface area contributed by atoms with Crippen molar-refractivity contribution in [2.75, 3.05) is 0 Å². The van der Waals surface area contributed by atoms with Gasteiger partial charge in [-0.25, -0.2) is 4.39 Å². The molecular weight excluding hydrogens is 287 g/mol. The zero-order valence-corrected chi connectivity index (χ0v) is 15.0. The average molecular weight is 320 g/mol. The SMILES string of the molecule is CCCCCCCCCCCCCC(=O)c1cc(C)cc(F)c1. The molecule has 1 aromatic carbocycles. The van der Waals surface area contributed by atoms with Crippen molar-refractivity contribution in [1.29, 1.82) is 0 Å². The third kappa shape index (κ3) is 9.53. The van der Waals surface area contributed by atoms with Crippen molar-refractivity contribution in [2.45, 2.75) is 90.9 Å². The second-order valence-electron chi connectivity index (χ2n) is 6.73. The smallest absolute Gasteiger partial charge is 0.162 e. The summed E-state index contributed by atoms with van der Waals surface area (Å²) < 4.78 is 13.3. The summed E-state index contributed by atoms with van der Waals surface area (Å²) in [5.74, 6) is -0.240. The minimum absolute atomic E-state index is 0.0727. The topological polar surface area (TPSA) is 17.1 Å². The van der Waals surface area contributed by atoms with Gasteiger partial charge in [-0.2, -0.15) is 0 Å². The second-order valence-corrected chi connectivity index (χ2v) is 6.73. The third-order valence-electron chi connectivity index (χ3n) is 4.37. The molecule has 0 aliphatic rings. The van der Waals surface area contributed by atoms with E-state index in [1.807, 2.05) is 6.92 Å². The number of ketones is 1. The number of hydrogen-bond acceptors (Lipinski definition) is 1. The van der Waals surface area contributed by atoms with E-state index in [-0.39, 0.29) is 11.6 Å². The van der Waals surface area contributed by atoms with Crippen molar-refractivity contribution < 1.29 is 9.18 Å². The molecule has 1 nitrogen and oxygen atoms in total. The van der Waals surface area contributed by atoms with Crippen molar-refractivity contribution in [2.24, 2.45) is 0 Å². The zero-order valence-electron chi connectivity index (χ0n) is 15.0. The van der Waals surface area contributed by atoms with Gasteiger partial charge in [-0.1, -0.05) is 71.1 Å². The average Bonchev–Trinajstić information content (AvgIpc) is 2.51. The maximum atomic E-state index is 13.3. The molecule has 0 N–H and O–H groups in total. The van der Waals surface area contributed by atoms with Crippen LogP contribution >= 0.6 is 0 Å². The highest BCUT2D eigenvalue weighted by atomic mass is 19.1. The van der Waals surface area contributed by atoms with E-state index in [9.17, 15) is 9.18 Å². The summed E-state index contributed by atoms with van der Waals surface area (Å²) in [4.78, 5) is 12.0. The Balaban J connectivity index is 2.01. The summed E-state index contributed by atoms with van der Waals surface area (Å²) in [7, 11) is 0. The molecule has 0 unspecified atom stereocenters. The van der Waals surface area contributed by atoms with E-state index in [0.29, 0.717) is 12.0 Å². The maximum absolute atomic E-state index is 13.3. The number of benzene rings is 1. The van der Waals surface area contributed by atoms with Crippen molar-refractivity contribution in [3.05, 3.63) is 35.1 Å². The van der Waals surface area contributed by atoms with Crippen LogP contribution in [0.5, 0.6) is 0 Å². The second kappa shape index (κ2) is 12.3. The lowest BCUT2D eigenvalue weighted by Crippen LogP contribution is -2.00. The van der Waals surface area contributed by atoms with Crippen LogP contribution in [-0.2, 0) is 0 Å². The lowest BCUT2D eigenvalue weighted by Gasteiger charge is -2.04. The first kappa shape index (κ1) is 19.9. The molecule has 0 amide bonds. The standard InChI is InChI=1S/C21H33FO/c1-3-4-5-6-7-8-9-10-11-12-13-14-21(23)19-15-18(2)16-20(22)17-19/h15-17H,3-14H2,1-2H3. The molecule has 0 aromatic heterocycles. The first-order chi connectivity index (χ1) is 11.1. The van der Waals surface area contributed by atoms with Crippen LogP contribution in [0.25, 0.3) is 0 Å². The fourth-order valence-electron chi connectivity index (χ4n) is 2.99. The van der Waals surface area contributed by atoms with Gasteiger partial charge in [-0.15, -0.1) is 0 Å². The highest BCUT2D eigenvalue weighted by Crippen LogP contribution is 2.15. The van der Waals surface area contributed by atoms with Gasteiger partial charge in [-0.05, 0) is 37.1 Å². The fourth-order valence-corrected chi connectivity index (χ4v) is 2.99. The molecule has 23 heavy (non-hydrogen) atoms. The van der Waals surface area contributed by atoms with Gasteiger partial charge in [0, 0.05) is 12.0 Å². The highest BCUT2D eigenvalue weighted by molar-refractivity contribution is 5.96. The Labute approximate surface area is 141 Å². The van der Waals surface area contributed by atoms with Crippen LogP contribution in [0.2, 0.25) is 0 Å². The maximum Gasteiger partial charge on any atom is 0.162 e. The molecule has 0 bridgehead atoms. The van der Waals surface area contributed by atoms with Crippen LogP contribution in [0.15, 0.2) is 18.2 Å². The minimum atomic E-state index is -0.313. The molecule has 0 saturated carbocycles. The molecule has 2 heteroatoms. The van der Waals surface area contributed by atoms with Gasteiger partial charge < -0.3 is 0 Å². The zero-order chi connectivity index (χ0) is 16.9. The monoisotopic (exact) mass is 320 g/mol. The quantitative estimate of drug-likeness (QED) is 0.282. The molecule has 0 atom stereocenters. The number of rotatable bonds is 13. The molecular formula is C21H33FO. The number of aryl methyl sites for hydroxylation is 1. The number of Topliss-reactive ketones (excluding diaryl/α,β-unsaturated/α-hetero) is 1. The summed E-state index contributed by atoms with van der Waals surface area (Å²) in [6, 6.07) is 4.59. The molecule has 1 aromatic rings. The van der Waals surface area contributed by atoms with Crippen LogP contribution in [-0.4, -0.2) is 5.78 Å². The Kier molecular flexibility index (Phi) is 10.6. The van der Waals surface area contributed by atoms with Gasteiger partial charge in [-0.3, -0.25) is 4.79 Å². The van der Waals surface area contributed by atoms with Crippen LogP contribution in [0.4, 0.5) is 4.39 Å². The van der Waals surface area contributed by atoms with Crippen LogP contribution in [0.3, 0.4) is 0 Å². The number of carbonyl (C=O) groups is 1. The first-order valence-electron chi connectivity index (χ1n) is 9.44. The lowest BCUT2D eigenvalue weighted by atomic mass is 10.0. The summed E-state index contributed by atoms with van der Waals surface area (Å²) in [6.45, 7) is 4.07.